The topological polar surface area (TPSA) is 38.8 Å². The van der Waals surface area contributed by atoms with Crippen LogP contribution >= 0.6 is 0 Å². The summed E-state index contributed by atoms with van der Waals surface area (Å²) < 4.78 is 11.2. The van der Waals surface area contributed by atoms with E-state index < -0.39 is 0 Å². The van der Waals surface area contributed by atoms with Crippen molar-refractivity contribution in [2.75, 3.05) is 34.4 Å². The van der Waals surface area contributed by atoms with Crippen LogP contribution in [0.15, 0.2) is 48.5 Å². The molecule has 1 atom stereocenters. The number of para-hydroxylation sites is 1. The van der Waals surface area contributed by atoms with E-state index in [1.54, 1.807) is 7.11 Å². The number of benzene rings is 2. The van der Waals surface area contributed by atoms with Crippen LogP contribution in [0.2, 0.25) is 0 Å². The Labute approximate surface area is 150 Å². The third-order valence-electron chi connectivity index (χ3n) is 4.03. The van der Waals surface area contributed by atoms with Gasteiger partial charge in [-0.3, -0.25) is 0 Å². The van der Waals surface area contributed by atoms with Crippen LogP contribution in [0.5, 0.6) is 11.5 Å². The first-order valence-electron chi connectivity index (χ1n) is 8.56. The normalized spacial score (nSPS) is 12.0. The fourth-order valence-electron chi connectivity index (χ4n) is 2.76. The fraction of sp³-hybridized carbons (Fsp3) is 0.381. The van der Waals surface area contributed by atoms with E-state index in [0.29, 0.717) is 13.2 Å². The molecule has 0 radical (unpaired) electrons. The van der Waals surface area contributed by atoms with Gasteiger partial charge >= 0.3 is 0 Å². The highest BCUT2D eigenvalue weighted by molar-refractivity contribution is 5.54. The number of hydrogen-bond acceptors (Lipinski definition) is 4. The molecule has 4 heteroatoms. The van der Waals surface area contributed by atoms with Crippen LogP contribution in [0.3, 0.4) is 0 Å². The molecule has 0 bridgehead atoms. The predicted molar refractivity (Wildman–Crippen MR) is 100 cm³/mol. The van der Waals surface area contributed by atoms with Crippen molar-refractivity contribution in [1.82, 2.24) is 4.90 Å². The lowest BCUT2D eigenvalue weighted by atomic mass is 10.0. The van der Waals surface area contributed by atoms with E-state index in [1.165, 1.54) is 5.56 Å². The van der Waals surface area contributed by atoms with E-state index in [0.717, 1.165) is 36.2 Å². The molecule has 0 N–H and O–H groups in total. The Morgan fingerprint density at radius 1 is 1.08 bits per heavy atom. The molecule has 0 aliphatic carbocycles. The van der Waals surface area contributed by atoms with Gasteiger partial charge in [-0.2, -0.15) is 0 Å². The molecule has 0 aliphatic rings. The van der Waals surface area contributed by atoms with E-state index in [2.05, 4.69) is 18.2 Å². The summed E-state index contributed by atoms with van der Waals surface area (Å²) in [7, 11) is 5.59. The summed E-state index contributed by atoms with van der Waals surface area (Å²) >= 11 is 0. The van der Waals surface area contributed by atoms with Crippen LogP contribution < -0.4 is 9.47 Å². The van der Waals surface area contributed by atoms with Crippen LogP contribution in [-0.2, 0) is 17.6 Å². The second-order valence-electron chi connectivity index (χ2n) is 6.43. The number of aryl methyl sites for hydroxylation is 2. The van der Waals surface area contributed by atoms with Gasteiger partial charge in [-0.15, -0.1) is 0 Å². The van der Waals surface area contributed by atoms with Gasteiger partial charge in [0.05, 0.1) is 19.6 Å². The highest BCUT2D eigenvalue weighted by Crippen LogP contribution is 2.22. The first-order valence-corrected chi connectivity index (χ1v) is 8.56. The standard InChI is InChI=1S/C21H27NO3/c1-22(2)14-18(15-23)16-25-21-10-5-4-8-19(21)12-11-17-7-6-9-20(13-17)24-3/h4-10,13,15,18H,11-12,14,16H2,1-3H3/t18-/m1/s1. The first-order chi connectivity index (χ1) is 12.1. The number of carbonyl (C=O) groups excluding carboxylic acids is 1. The van der Waals surface area contributed by atoms with Crippen LogP contribution in [0.1, 0.15) is 11.1 Å². The first kappa shape index (κ1) is 19.0. The smallest absolute Gasteiger partial charge is 0.127 e. The molecule has 2 aromatic rings. The summed E-state index contributed by atoms with van der Waals surface area (Å²) in [5, 5.41) is 0. The monoisotopic (exact) mass is 341 g/mol. The molecule has 134 valence electrons. The Morgan fingerprint density at radius 2 is 1.88 bits per heavy atom. The Bertz CT molecular complexity index is 670. The third-order valence-corrected chi connectivity index (χ3v) is 4.03. The highest BCUT2D eigenvalue weighted by Gasteiger charge is 2.11. The van der Waals surface area contributed by atoms with E-state index in [4.69, 9.17) is 9.47 Å². The summed E-state index contributed by atoms with van der Waals surface area (Å²) in [4.78, 5) is 13.2. The Hall–Kier alpha value is -2.33. The maximum absolute atomic E-state index is 11.2. The van der Waals surface area contributed by atoms with Crippen molar-refractivity contribution < 1.29 is 14.3 Å². The van der Waals surface area contributed by atoms with Crippen molar-refractivity contribution in [1.29, 1.82) is 0 Å². The average molecular weight is 341 g/mol. The summed E-state index contributed by atoms with van der Waals surface area (Å²) in [5.74, 6) is 1.61. The Kier molecular flexibility index (Phi) is 7.48. The second-order valence-corrected chi connectivity index (χ2v) is 6.43. The molecule has 2 rings (SSSR count). The number of aldehydes is 1. The molecule has 0 aliphatic heterocycles. The lowest BCUT2D eigenvalue weighted by Crippen LogP contribution is -2.27. The molecular weight excluding hydrogens is 314 g/mol. The van der Waals surface area contributed by atoms with Crippen LogP contribution in [0, 0.1) is 5.92 Å². The lowest BCUT2D eigenvalue weighted by Gasteiger charge is -2.18. The van der Waals surface area contributed by atoms with E-state index >= 15 is 0 Å². The fourth-order valence-corrected chi connectivity index (χ4v) is 2.76. The quantitative estimate of drug-likeness (QED) is 0.622. The lowest BCUT2D eigenvalue weighted by molar-refractivity contribution is -0.112. The minimum atomic E-state index is -0.124. The molecule has 0 spiro atoms. The molecule has 0 fully saturated rings. The zero-order valence-electron chi connectivity index (χ0n) is 15.3. The number of rotatable bonds is 10. The Morgan fingerprint density at radius 3 is 2.60 bits per heavy atom. The van der Waals surface area contributed by atoms with Crippen LogP contribution in [-0.4, -0.2) is 45.5 Å². The minimum Gasteiger partial charge on any atom is -0.497 e. The predicted octanol–water partition coefficient (Wildman–Crippen LogP) is 3.24. The average Bonchev–Trinajstić information content (AvgIpc) is 2.64. The van der Waals surface area contributed by atoms with Crippen molar-refractivity contribution in [2.45, 2.75) is 12.8 Å². The van der Waals surface area contributed by atoms with Gasteiger partial charge in [0.1, 0.15) is 17.8 Å². The van der Waals surface area contributed by atoms with Crippen molar-refractivity contribution in [2.24, 2.45) is 5.92 Å². The molecule has 0 amide bonds. The molecule has 4 nitrogen and oxygen atoms in total. The number of ether oxygens (including phenoxy) is 2. The molecule has 0 aromatic heterocycles. The zero-order chi connectivity index (χ0) is 18.1. The van der Waals surface area contributed by atoms with Gasteiger partial charge in [0.25, 0.3) is 0 Å². The zero-order valence-corrected chi connectivity index (χ0v) is 15.3. The molecule has 0 heterocycles. The molecule has 0 unspecified atom stereocenters. The third kappa shape index (κ3) is 6.24. The van der Waals surface area contributed by atoms with Gasteiger partial charge in [-0.05, 0) is 56.3 Å². The maximum atomic E-state index is 11.2. The largest absolute Gasteiger partial charge is 0.497 e. The van der Waals surface area contributed by atoms with Gasteiger partial charge in [0, 0.05) is 6.54 Å². The van der Waals surface area contributed by atoms with Crippen LogP contribution in [0.4, 0.5) is 0 Å². The van der Waals surface area contributed by atoms with Crippen molar-refractivity contribution in [3.63, 3.8) is 0 Å². The number of carbonyl (C=O) groups is 1. The summed E-state index contributed by atoms with van der Waals surface area (Å²) in [5.41, 5.74) is 2.38. The van der Waals surface area contributed by atoms with Crippen molar-refractivity contribution >= 4 is 6.29 Å². The van der Waals surface area contributed by atoms with Crippen molar-refractivity contribution in [3.8, 4) is 11.5 Å². The molecule has 0 saturated heterocycles. The second kappa shape index (κ2) is 9.84. The Balaban J connectivity index is 1.98. The molecule has 0 saturated carbocycles. The van der Waals surface area contributed by atoms with Gasteiger partial charge in [-0.25, -0.2) is 0 Å². The molecule has 2 aromatic carbocycles. The molecular formula is C21H27NO3. The van der Waals surface area contributed by atoms with Crippen molar-refractivity contribution in [3.05, 3.63) is 59.7 Å². The van der Waals surface area contributed by atoms with E-state index in [-0.39, 0.29) is 5.92 Å². The summed E-state index contributed by atoms with van der Waals surface area (Å²) in [6.45, 7) is 1.09. The summed E-state index contributed by atoms with van der Waals surface area (Å²) in [6.07, 6.45) is 2.76. The van der Waals surface area contributed by atoms with Gasteiger partial charge in [-0.1, -0.05) is 30.3 Å². The number of methoxy groups -OCH3 is 1. The van der Waals surface area contributed by atoms with Gasteiger partial charge in [0.2, 0.25) is 0 Å². The van der Waals surface area contributed by atoms with E-state index in [1.807, 2.05) is 49.3 Å². The van der Waals surface area contributed by atoms with Crippen LogP contribution in [0.25, 0.3) is 0 Å². The summed E-state index contributed by atoms with van der Waals surface area (Å²) in [6, 6.07) is 16.2. The van der Waals surface area contributed by atoms with Gasteiger partial charge in [0.15, 0.2) is 0 Å². The van der Waals surface area contributed by atoms with Gasteiger partial charge < -0.3 is 19.2 Å². The minimum absolute atomic E-state index is 0.124. The highest BCUT2D eigenvalue weighted by atomic mass is 16.5. The van der Waals surface area contributed by atoms with E-state index in [9.17, 15) is 4.79 Å². The number of nitrogens with zero attached hydrogens (tertiary/aromatic N) is 1. The molecule has 25 heavy (non-hydrogen) atoms. The number of hydrogen-bond donors (Lipinski definition) is 0. The maximum Gasteiger partial charge on any atom is 0.127 e. The SMILES string of the molecule is COc1cccc(CCc2ccccc2OC[C@@H](C=O)CN(C)C)c1.